The zero-order valence-electron chi connectivity index (χ0n) is 17.9. The number of ketones is 1. The van der Waals surface area contributed by atoms with Gasteiger partial charge >= 0.3 is 0 Å². The molecule has 0 spiro atoms. The third-order valence-electron chi connectivity index (χ3n) is 5.17. The van der Waals surface area contributed by atoms with Crippen LogP contribution in [0.3, 0.4) is 0 Å². The number of ether oxygens (including phenoxy) is 1. The van der Waals surface area contributed by atoms with E-state index in [1.807, 2.05) is 57.1 Å². The number of rotatable bonds is 7. The van der Waals surface area contributed by atoms with Crippen molar-refractivity contribution in [3.05, 3.63) is 65.2 Å². The first-order valence-electron chi connectivity index (χ1n) is 10.2. The Morgan fingerprint density at radius 2 is 1.67 bits per heavy atom. The lowest BCUT2D eigenvalue weighted by atomic mass is 9.95. The molecule has 1 aliphatic rings. The van der Waals surface area contributed by atoms with E-state index in [0.29, 0.717) is 30.9 Å². The van der Waals surface area contributed by atoms with Crippen LogP contribution in [0.15, 0.2) is 54.1 Å². The predicted octanol–water partition coefficient (Wildman–Crippen LogP) is 3.98. The molecule has 1 atom stereocenters. The molecule has 0 aromatic heterocycles. The lowest BCUT2D eigenvalue weighted by Crippen LogP contribution is -2.30. The molecular weight excluding hydrogens is 380 g/mol. The van der Waals surface area contributed by atoms with Gasteiger partial charge in [-0.1, -0.05) is 19.1 Å². The van der Waals surface area contributed by atoms with Gasteiger partial charge < -0.3 is 19.6 Å². The molecule has 0 bridgehead atoms. The van der Waals surface area contributed by atoms with E-state index in [1.165, 1.54) is 0 Å². The lowest BCUT2D eigenvalue weighted by Gasteiger charge is -2.25. The maximum Gasteiger partial charge on any atom is 0.295 e. The number of benzene rings is 2. The minimum atomic E-state index is -0.656. The Kier molecular flexibility index (Phi) is 6.45. The van der Waals surface area contributed by atoms with Gasteiger partial charge in [0.25, 0.3) is 11.7 Å². The number of amides is 1. The smallest absolute Gasteiger partial charge is 0.295 e. The molecule has 0 radical (unpaired) electrons. The number of aliphatic hydroxyl groups excluding tert-OH is 1. The van der Waals surface area contributed by atoms with E-state index in [4.69, 9.17) is 4.74 Å². The van der Waals surface area contributed by atoms with Crippen LogP contribution in [0.5, 0.6) is 5.75 Å². The highest BCUT2D eigenvalue weighted by Crippen LogP contribution is 2.40. The Hall–Kier alpha value is -3.28. The van der Waals surface area contributed by atoms with Crippen molar-refractivity contribution in [3.63, 3.8) is 0 Å². The molecule has 1 unspecified atom stereocenters. The van der Waals surface area contributed by atoms with Gasteiger partial charge in [-0.05, 0) is 55.3 Å². The molecule has 30 heavy (non-hydrogen) atoms. The molecule has 6 nitrogen and oxygen atoms in total. The van der Waals surface area contributed by atoms with Crippen molar-refractivity contribution < 1.29 is 19.4 Å². The Bertz CT molecular complexity index is 946. The van der Waals surface area contributed by atoms with Crippen LogP contribution in [0.25, 0.3) is 5.76 Å². The van der Waals surface area contributed by atoms with E-state index in [9.17, 15) is 14.7 Å². The van der Waals surface area contributed by atoms with Crippen molar-refractivity contribution >= 4 is 23.1 Å². The molecule has 0 saturated carbocycles. The van der Waals surface area contributed by atoms with Crippen LogP contribution in [0, 0.1) is 0 Å². The molecule has 1 saturated heterocycles. The molecule has 0 aliphatic carbocycles. The minimum Gasteiger partial charge on any atom is -0.507 e. The van der Waals surface area contributed by atoms with Crippen molar-refractivity contribution in [2.24, 2.45) is 0 Å². The number of likely N-dealkylation sites (tertiary alicyclic amines) is 1. The SMILES string of the molecule is CCCN1C(=O)C(=O)/C(=C(\O)c2ccc(OCC)cc2)C1c1ccc(N(C)C)cc1. The second-order valence-electron chi connectivity index (χ2n) is 7.44. The molecule has 2 aromatic rings. The first-order valence-corrected chi connectivity index (χ1v) is 10.2. The van der Waals surface area contributed by atoms with Gasteiger partial charge in [0, 0.05) is 31.9 Å². The number of Topliss-reactive ketones (excluding diaryl/α,β-unsaturated/α-hetero) is 1. The van der Waals surface area contributed by atoms with E-state index in [-0.39, 0.29) is 11.3 Å². The van der Waals surface area contributed by atoms with E-state index in [0.717, 1.165) is 11.3 Å². The van der Waals surface area contributed by atoms with E-state index in [1.54, 1.807) is 29.2 Å². The highest BCUT2D eigenvalue weighted by atomic mass is 16.5. The summed E-state index contributed by atoms with van der Waals surface area (Å²) in [4.78, 5) is 29.2. The molecule has 1 heterocycles. The van der Waals surface area contributed by atoms with Gasteiger partial charge in [-0.3, -0.25) is 9.59 Å². The maximum atomic E-state index is 12.9. The third kappa shape index (κ3) is 4.03. The number of carbonyl (C=O) groups excluding carboxylic acids is 2. The topological polar surface area (TPSA) is 70.1 Å². The van der Waals surface area contributed by atoms with Crippen molar-refractivity contribution in [1.82, 2.24) is 4.90 Å². The fourth-order valence-corrected chi connectivity index (χ4v) is 3.68. The van der Waals surface area contributed by atoms with E-state index in [2.05, 4.69) is 0 Å². The Morgan fingerprint density at radius 3 is 2.20 bits per heavy atom. The van der Waals surface area contributed by atoms with Crippen LogP contribution in [0.2, 0.25) is 0 Å². The largest absolute Gasteiger partial charge is 0.507 e. The molecule has 1 N–H and O–H groups in total. The van der Waals surface area contributed by atoms with Gasteiger partial charge in [-0.25, -0.2) is 0 Å². The molecule has 1 amide bonds. The average Bonchev–Trinajstić information content (AvgIpc) is 2.99. The number of hydrogen-bond acceptors (Lipinski definition) is 5. The number of nitrogens with zero attached hydrogens (tertiary/aromatic N) is 2. The Morgan fingerprint density at radius 1 is 1.03 bits per heavy atom. The first-order chi connectivity index (χ1) is 14.4. The molecule has 1 fully saturated rings. The summed E-state index contributed by atoms with van der Waals surface area (Å²) in [5.41, 5.74) is 2.40. The molecular formula is C24H28N2O4. The van der Waals surface area contributed by atoms with E-state index < -0.39 is 17.7 Å². The lowest BCUT2D eigenvalue weighted by molar-refractivity contribution is -0.139. The number of aliphatic hydroxyl groups is 1. The quantitative estimate of drug-likeness (QED) is 0.426. The van der Waals surface area contributed by atoms with Crippen LogP contribution in [-0.4, -0.2) is 48.9 Å². The summed E-state index contributed by atoms with van der Waals surface area (Å²) in [6.07, 6.45) is 0.711. The first kappa shape index (κ1) is 21.4. The molecule has 6 heteroatoms. The number of hydrogen-bond donors (Lipinski definition) is 1. The zero-order chi connectivity index (χ0) is 21.8. The predicted molar refractivity (Wildman–Crippen MR) is 118 cm³/mol. The second-order valence-corrected chi connectivity index (χ2v) is 7.44. The van der Waals surface area contributed by atoms with Crippen LogP contribution >= 0.6 is 0 Å². The van der Waals surface area contributed by atoms with Crippen molar-refractivity contribution in [2.45, 2.75) is 26.3 Å². The fourth-order valence-electron chi connectivity index (χ4n) is 3.68. The summed E-state index contributed by atoms with van der Waals surface area (Å²) in [5, 5.41) is 11.0. The zero-order valence-corrected chi connectivity index (χ0v) is 17.9. The number of anilines is 1. The highest BCUT2D eigenvalue weighted by Gasteiger charge is 2.45. The standard InChI is InChI=1S/C24H28N2O4/c1-5-15-26-21(16-7-11-18(12-8-16)25(3)4)20(23(28)24(26)29)22(27)17-9-13-19(14-10-17)30-6-2/h7-14,21,27H,5-6,15H2,1-4H3/b22-20-. The fraction of sp³-hybridized carbons (Fsp3) is 0.333. The minimum absolute atomic E-state index is 0.121. The highest BCUT2D eigenvalue weighted by molar-refractivity contribution is 6.46. The van der Waals surface area contributed by atoms with Gasteiger partial charge in [0.15, 0.2) is 0 Å². The second kappa shape index (κ2) is 9.03. The molecule has 2 aromatic carbocycles. The summed E-state index contributed by atoms with van der Waals surface area (Å²) in [6.45, 7) is 4.82. The molecule has 3 rings (SSSR count). The Balaban J connectivity index is 2.09. The van der Waals surface area contributed by atoms with Gasteiger partial charge in [0.05, 0.1) is 18.2 Å². The van der Waals surface area contributed by atoms with Gasteiger partial charge in [-0.2, -0.15) is 0 Å². The van der Waals surface area contributed by atoms with Crippen LogP contribution in [-0.2, 0) is 9.59 Å². The van der Waals surface area contributed by atoms with E-state index >= 15 is 0 Å². The summed E-state index contributed by atoms with van der Waals surface area (Å²) in [5.74, 6) is -0.726. The van der Waals surface area contributed by atoms with Crippen LogP contribution in [0.4, 0.5) is 5.69 Å². The van der Waals surface area contributed by atoms with Gasteiger partial charge in [0.2, 0.25) is 0 Å². The third-order valence-corrected chi connectivity index (χ3v) is 5.17. The average molecular weight is 408 g/mol. The summed E-state index contributed by atoms with van der Waals surface area (Å²) in [6, 6.07) is 13.9. The van der Waals surface area contributed by atoms with Crippen molar-refractivity contribution in [3.8, 4) is 5.75 Å². The molecule has 158 valence electrons. The maximum absolute atomic E-state index is 12.9. The normalized spacial score (nSPS) is 18.0. The van der Waals surface area contributed by atoms with Gasteiger partial charge in [-0.15, -0.1) is 0 Å². The summed E-state index contributed by atoms with van der Waals surface area (Å²) in [7, 11) is 3.90. The Labute approximate surface area is 177 Å². The number of carbonyl (C=O) groups is 2. The van der Waals surface area contributed by atoms with Crippen molar-refractivity contribution in [1.29, 1.82) is 0 Å². The van der Waals surface area contributed by atoms with Gasteiger partial charge in [0.1, 0.15) is 11.5 Å². The van der Waals surface area contributed by atoms with Crippen LogP contribution < -0.4 is 9.64 Å². The molecule has 1 aliphatic heterocycles. The van der Waals surface area contributed by atoms with Crippen molar-refractivity contribution in [2.75, 3.05) is 32.1 Å². The summed E-state index contributed by atoms with van der Waals surface area (Å²) < 4.78 is 5.44. The summed E-state index contributed by atoms with van der Waals surface area (Å²) >= 11 is 0. The monoisotopic (exact) mass is 408 g/mol. The van der Waals surface area contributed by atoms with Crippen LogP contribution in [0.1, 0.15) is 37.4 Å².